The van der Waals surface area contributed by atoms with Crippen molar-refractivity contribution in [1.29, 1.82) is 0 Å². The van der Waals surface area contributed by atoms with Crippen molar-refractivity contribution in [3.8, 4) is 11.6 Å². The third-order valence-corrected chi connectivity index (χ3v) is 3.88. The number of aliphatic hydroxyl groups is 1. The molecule has 0 radical (unpaired) electrons. The van der Waals surface area contributed by atoms with Gasteiger partial charge in [-0.05, 0) is 44.7 Å². The maximum Gasteiger partial charge on any atom is 0.222 e. The Kier molecular flexibility index (Phi) is 3.74. The largest absolute Gasteiger partial charge is 0.474 e. The molecule has 1 aromatic heterocycles. The maximum absolute atomic E-state index is 9.60. The van der Waals surface area contributed by atoms with Crippen LogP contribution >= 0.6 is 0 Å². The van der Waals surface area contributed by atoms with Gasteiger partial charge >= 0.3 is 0 Å². The quantitative estimate of drug-likeness (QED) is 0.930. The first-order chi connectivity index (χ1) is 9.79. The van der Waals surface area contributed by atoms with E-state index in [1.165, 1.54) is 12.8 Å². The van der Waals surface area contributed by atoms with Crippen LogP contribution in [0.3, 0.4) is 0 Å². The SMILES string of the molecule is Cc1nn(-c2ccccc2)c(OC2CCCC2)c1CO. The summed E-state index contributed by atoms with van der Waals surface area (Å²) in [5.74, 6) is 0.697. The van der Waals surface area contributed by atoms with Gasteiger partial charge in [0.1, 0.15) is 6.10 Å². The summed E-state index contributed by atoms with van der Waals surface area (Å²) in [5, 5.41) is 14.1. The summed E-state index contributed by atoms with van der Waals surface area (Å²) in [7, 11) is 0. The minimum atomic E-state index is -0.0410. The summed E-state index contributed by atoms with van der Waals surface area (Å²) in [6.45, 7) is 1.87. The van der Waals surface area contributed by atoms with E-state index in [2.05, 4.69) is 5.10 Å². The molecule has 0 bridgehead atoms. The molecule has 4 heteroatoms. The summed E-state index contributed by atoms with van der Waals surface area (Å²) in [4.78, 5) is 0. The van der Waals surface area contributed by atoms with Crippen LogP contribution in [0, 0.1) is 6.92 Å². The highest BCUT2D eigenvalue weighted by Gasteiger charge is 2.23. The van der Waals surface area contributed by atoms with Crippen LogP contribution in [-0.2, 0) is 6.61 Å². The molecule has 0 aliphatic heterocycles. The molecule has 1 N–H and O–H groups in total. The molecule has 1 aromatic carbocycles. The Labute approximate surface area is 119 Å². The molecule has 0 atom stereocenters. The molecule has 0 unspecified atom stereocenters. The molecule has 20 heavy (non-hydrogen) atoms. The van der Waals surface area contributed by atoms with Gasteiger partial charge in [0.25, 0.3) is 0 Å². The zero-order valence-electron chi connectivity index (χ0n) is 11.7. The molecule has 2 aromatic rings. The van der Waals surface area contributed by atoms with Gasteiger partial charge < -0.3 is 9.84 Å². The van der Waals surface area contributed by atoms with Crippen molar-refractivity contribution < 1.29 is 9.84 Å². The molecule has 1 fully saturated rings. The van der Waals surface area contributed by atoms with Crippen LogP contribution in [0.4, 0.5) is 0 Å². The Hall–Kier alpha value is -1.81. The molecule has 1 heterocycles. The lowest BCUT2D eigenvalue weighted by Gasteiger charge is -2.15. The fraction of sp³-hybridized carbons (Fsp3) is 0.438. The number of para-hydroxylation sites is 1. The van der Waals surface area contributed by atoms with E-state index in [1.807, 2.05) is 37.3 Å². The van der Waals surface area contributed by atoms with E-state index >= 15 is 0 Å². The van der Waals surface area contributed by atoms with Crippen molar-refractivity contribution in [2.24, 2.45) is 0 Å². The van der Waals surface area contributed by atoms with E-state index in [0.717, 1.165) is 29.8 Å². The molecular formula is C16H20N2O2. The first-order valence-electron chi connectivity index (χ1n) is 7.21. The van der Waals surface area contributed by atoms with Crippen molar-refractivity contribution in [3.05, 3.63) is 41.6 Å². The highest BCUT2D eigenvalue weighted by atomic mass is 16.5. The zero-order valence-corrected chi connectivity index (χ0v) is 11.7. The predicted molar refractivity (Wildman–Crippen MR) is 77.1 cm³/mol. The first kappa shape index (κ1) is 13.2. The topological polar surface area (TPSA) is 47.3 Å². The second-order valence-corrected chi connectivity index (χ2v) is 5.30. The highest BCUT2D eigenvalue weighted by Crippen LogP contribution is 2.30. The Balaban J connectivity index is 2.00. The maximum atomic E-state index is 9.60. The van der Waals surface area contributed by atoms with Crippen molar-refractivity contribution >= 4 is 0 Å². The third kappa shape index (κ3) is 2.43. The van der Waals surface area contributed by atoms with E-state index in [1.54, 1.807) is 4.68 Å². The molecule has 106 valence electrons. The molecule has 1 saturated carbocycles. The number of hydrogen-bond donors (Lipinski definition) is 1. The van der Waals surface area contributed by atoms with Crippen LogP contribution in [0.5, 0.6) is 5.88 Å². The van der Waals surface area contributed by atoms with Crippen LogP contribution in [0.2, 0.25) is 0 Å². The first-order valence-corrected chi connectivity index (χ1v) is 7.21. The summed E-state index contributed by atoms with van der Waals surface area (Å²) >= 11 is 0. The number of ether oxygens (including phenoxy) is 1. The van der Waals surface area contributed by atoms with Crippen molar-refractivity contribution in [2.45, 2.75) is 45.3 Å². The number of hydrogen-bond acceptors (Lipinski definition) is 3. The molecule has 0 spiro atoms. The lowest BCUT2D eigenvalue weighted by molar-refractivity contribution is 0.187. The highest BCUT2D eigenvalue weighted by molar-refractivity contribution is 5.40. The predicted octanol–water partition coefficient (Wildman–Crippen LogP) is 2.99. The summed E-state index contributed by atoms with van der Waals surface area (Å²) in [6, 6.07) is 9.92. The Bertz CT molecular complexity index is 572. The minimum absolute atomic E-state index is 0.0410. The molecule has 4 nitrogen and oxygen atoms in total. The van der Waals surface area contributed by atoms with Crippen LogP contribution in [0.15, 0.2) is 30.3 Å². The van der Waals surface area contributed by atoms with Gasteiger partial charge in [-0.3, -0.25) is 0 Å². The van der Waals surface area contributed by atoms with E-state index in [-0.39, 0.29) is 12.7 Å². The second kappa shape index (κ2) is 5.67. The second-order valence-electron chi connectivity index (χ2n) is 5.30. The van der Waals surface area contributed by atoms with Gasteiger partial charge in [0.05, 0.1) is 23.6 Å². The normalized spacial score (nSPS) is 15.7. The van der Waals surface area contributed by atoms with E-state index in [9.17, 15) is 5.11 Å². The van der Waals surface area contributed by atoms with Crippen molar-refractivity contribution in [1.82, 2.24) is 9.78 Å². The number of aromatic nitrogens is 2. The van der Waals surface area contributed by atoms with Crippen LogP contribution in [0.1, 0.15) is 36.9 Å². The zero-order chi connectivity index (χ0) is 13.9. The van der Waals surface area contributed by atoms with Gasteiger partial charge in [-0.1, -0.05) is 18.2 Å². The molecule has 1 aliphatic carbocycles. The lowest BCUT2D eigenvalue weighted by atomic mass is 10.2. The minimum Gasteiger partial charge on any atom is -0.474 e. The molecule has 1 aliphatic rings. The molecule has 3 rings (SSSR count). The number of nitrogens with zero attached hydrogens (tertiary/aromatic N) is 2. The monoisotopic (exact) mass is 272 g/mol. The van der Waals surface area contributed by atoms with Crippen LogP contribution in [-0.4, -0.2) is 21.0 Å². The standard InChI is InChI=1S/C16H20N2O2/c1-12-15(11-19)16(20-14-9-5-6-10-14)18(17-12)13-7-3-2-4-8-13/h2-4,7-8,14,19H,5-6,9-11H2,1H3. The fourth-order valence-electron chi connectivity index (χ4n) is 2.75. The van der Waals surface area contributed by atoms with Gasteiger partial charge in [0, 0.05) is 0 Å². The smallest absolute Gasteiger partial charge is 0.222 e. The molecular weight excluding hydrogens is 252 g/mol. The van der Waals surface area contributed by atoms with Crippen molar-refractivity contribution in [2.75, 3.05) is 0 Å². The van der Waals surface area contributed by atoms with E-state index in [0.29, 0.717) is 5.88 Å². The number of benzene rings is 1. The lowest BCUT2D eigenvalue weighted by Crippen LogP contribution is -2.15. The molecule has 0 saturated heterocycles. The Morgan fingerprint density at radius 1 is 1.25 bits per heavy atom. The number of aliphatic hydroxyl groups excluding tert-OH is 1. The average Bonchev–Trinajstić information content (AvgIpc) is 3.08. The Morgan fingerprint density at radius 2 is 1.95 bits per heavy atom. The average molecular weight is 272 g/mol. The van der Waals surface area contributed by atoms with Gasteiger partial charge in [0.15, 0.2) is 0 Å². The third-order valence-electron chi connectivity index (χ3n) is 3.88. The summed E-state index contributed by atoms with van der Waals surface area (Å²) in [5.41, 5.74) is 2.58. The summed E-state index contributed by atoms with van der Waals surface area (Å²) < 4.78 is 7.95. The van der Waals surface area contributed by atoms with Gasteiger partial charge in [-0.2, -0.15) is 5.10 Å². The number of rotatable bonds is 4. The van der Waals surface area contributed by atoms with Crippen LogP contribution < -0.4 is 4.74 Å². The van der Waals surface area contributed by atoms with Gasteiger partial charge in [-0.25, -0.2) is 4.68 Å². The van der Waals surface area contributed by atoms with E-state index < -0.39 is 0 Å². The number of aryl methyl sites for hydroxylation is 1. The Morgan fingerprint density at radius 3 is 2.60 bits per heavy atom. The molecule has 0 amide bonds. The van der Waals surface area contributed by atoms with Crippen LogP contribution in [0.25, 0.3) is 5.69 Å². The van der Waals surface area contributed by atoms with Gasteiger partial charge in [-0.15, -0.1) is 0 Å². The van der Waals surface area contributed by atoms with E-state index in [4.69, 9.17) is 4.74 Å². The summed E-state index contributed by atoms with van der Waals surface area (Å²) in [6.07, 6.45) is 4.86. The fourth-order valence-corrected chi connectivity index (χ4v) is 2.75. The van der Waals surface area contributed by atoms with Gasteiger partial charge in [0.2, 0.25) is 5.88 Å². The van der Waals surface area contributed by atoms with Crippen molar-refractivity contribution in [3.63, 3.8) is 0 Å².